The highest BCUT2D eigenvalue weighted by molar-refractivity contribution is 9.10. The quantitative estimate of drug-likeness (QED) is 0.900. The number of aromatic nitrogens is 2. The first-order valence-electron chi connectivity index (χ1n) is 6.37. The van der Waals surface area contributed by atoms with Gasteiger partial charge < -0.3 is 9.84 Å². The number of hydrogen-bond donors (Lipinski definition) is 1. The van der Waals surface area contributed by atoms with Crippen molar-refractivity contribution in [2.24, 2.45) is 0 Å². The van der Waals surface area contributed by atoms with E-state index in [1.165, 1.54) is 6.07 Å². The lowest BCUT2D eigenvalue weighted by Crippen LogP contribution is -2.14. The molecule has 110 valence electrons. The molecule has 3 rings (SSSR count). The lowest BCUT2D eigenvalue weighted by Gasteiger charge is -2.16. The van der Waals surface area contributed by atoms with Crippen LogP contribution in [0.25, 0.3) is 5.69 Å². The maximum atomic E-state index is 13.6. The van der Waals surface area contributed by atoms with Crippen molar-refractivity contribution in [3.63, 3.8) is 0 Å². The van der Waals surface area contributed by atoms with Crippen LogP contribution in [0, 0.1) is 12.7 Å². The molecule has 0 aliphatic carbocycles. The van der Waals surface area contributed by atoms with Crippen LogP contribution in [0.1, 0.15) is 27.3 Å². The monoisotopic (exact) mass is 354 g/mol. The largest absolute Gasteiger partial charge is 0.476 e. The second kappa shape index (κ2) is 5.23. The van der Waals surface area contributed by atoms with Gasteiger partial charge in [0.25, 0.3) is 0 Å². The van der Waals surface area contributed by atoms with Gasteiger partial charge in [0.2, 0.25) is 0 Å². The lowest BCUT2D eigenvalue weighted by molar-refractivity contribution is 0.0677. The molecule has 7 heteroatoms. The number of rotatable bonds is 2. The molecule has 1 aliphatic heterocycles. The maximum Gasteiger partial charge on any atom is 0.356 e. The average Bonchev–Trinajstić information content (AvgIpc) is 2.82. The van der Waals surface area contributed by atoms with E-state index < -0.39 is 5.97 Å². The standard InChI is InChI=1S/C14H12BrFN2O3/c1-7-4-10(16)9(15)5-12(7)18-11-2-3-21-6-8(11)13(17-18)14(19)20/h4-5H,2-3,6H2,1H3,(H,19,20). The third-order valence-corrected chi connectivity index (χ3v) is 4.10. The highest BCUT2D eigenvalue weighted by Crippen LogP contribution is 2.28. The topological polar surface area (TPSA) is 64.4 Å². The van der Waals surface area contributed by atoms with Gasteiger partial charge in [-0.15, -0.1) is 0 Å². The normalized spacial score (nSPS) is 14.0. The number of halogens is 2. The Morgan fingerprint density at radius 1 is 1.52 bits per heavy atom. The second-order valence-corrected chi connectivity index (χ2v) is 5.70. The maximum absolute atomic E-state index is 13.6. The number of ether oxygens (including phenoxy) is 1. The predicted octanol–water partition coefficient (Wildman–Crippen LogP) is 2.85. The molecule has 2 heterocycles. The van der Waals surface area contributed by atoms with E-state index in [-0.39, 0.29) is 18.1 Å². The molecular formula is C14H12BrFN2O3. The van der Waals surface area contributed by atoms with Gasteiger partial charge in [0, 0.05) is 12.0 Å². The summed E-state index contributed by atoms with van der Waals surface area (Å²) in [6.45, 7) is 2.51. The van der Waals surface area contributed by atoms with E-state index in [4.69, 9.17) is 4.74 Å². The van der Waals surface area contributed by atoms with Crippen LogP contribution in [-0.2, 0) is 17.8 Å². The van der Waals surface area contributed by atoms with E-state index in [1.807, 2.05) is 0 Å². The van der Waals surface area contributed by atoms with Gasteiger partial charge in [-0.1, -0.05) is 0 Å². The Kier molecular flexibility index (Phi) is 3.54. The Hall–Kier alpha value is -1.73. The average molecular weight is 355 g/mol. The molecule has 0 radical (unpaired) electrons. The fourth-order valence-electron chi connectivity index (χ4n) is 2.47. The van der Waals surface area contributed by atoms with E-state index in [1.54, 1.807) is 17.7 Å². The molecule has 0 saturated heterocycles. The third kappa shape index (κ3) is 2.36. The van der Waals surface area contributed by atoms with Gasteiger partial charge in [0.05, 0.1) is 29.1 Å². The van der Waals surface area contributed by atoms with Crippen molar-refractivity contribution >= 4 is 21.9 Å². The number of fused-ring (bicyclic) bond motifs is 1. The third-order valence-electron chi connectivity index (χ3n) is 3.49. The smallest absolute Gasteiger partial charge is 0.356 e. The Morgan fingerprint density at radius 3 is 3.00 bits per heavy atom. The van der Waals surface area contributed by atoms with Crippen molar-refractivity contribution in [2.75, 3.05) is 6.61 Å². The van der Waals surface area contributed by atoms with Crippen molar-refractivity contribution in [3.05, 3.63) is 44.9 Å². The van der Waals surface area contributed by atoms with Gasteiger partial charge in [-0.25, -0.2) is 13.9 Å². The molecule has 0 fully saturated rings. The SMILES string of the molecule is Cc1cc(F)c(Br)cc1-n1nc(C(=O)O)c2c1CCOC2. The Labute approximate surface area is 128 Å². The number of nitrogens with zero attached hydrogens (tertiary/aromatic N) is 2. The molecule has 1 aliphatic rings. The fourth-order valence-corrected chi connectivity index (χ4v) is 2.80. The molecule has 0 unspecified atom stereocenters. The highest BCUT2D eigenvalue weighted by Gasteiger charge is 2.26. The summed E-state index contributed by atoms with van der Waals surface area (Å²) in [7, 11) is 0. The number of carbonyl (C=O) groups is 1. The Balaban J connectivity index is 2.24. The number of carboxylic acid groups (broad SMARTS) is 1. The van der Waals surface area contributed by atoms with E-state index >= 15 is 0 Å². The number of aromatic carboxylic acids is 1. The Morgan fingerprint density at radius 2 is 2.29 bits per heavy atom. The van der Waals surface area contributed by atoms with Crippen molar-refractivity contribution < 1.29 is 19.0 Å². The van der Waals surface area contributed by atoms with Gasteiger partial charge in [0.15, 0.2) is 5.69 Å². The van der Waals surface area contributed by atoms with Crippen LogP contribution >= 0.6 is 15.9 Å². The first kappa shape index (κ1) is 14.2. The molecular weight excluding hydrogens is 343 g/mol. The molecule has 1 aromatic heterocycles. The van der Waals surface area contributed by atoms with Crippen LogP contribution < -0.4 is 0 Å². The molecule has 21 heavy (non-hydrogen) atoms. The van der Waals surface area contributed by atoms with Crippen LogP contribution in [0.3, 0.4) is 0 Å². The van der Waals surface area contributed by atoms with E-state index in [2.05, 4.69) is 21.0 Å². The number of hydrogen-bond acceptors (Lipinski definition) is 3. The first-order chi connectivity index (χ1) is 9.99. The molecule has 1 aromatic carbocycles. The summed E-state index contributed by atoms with van der Waals surface area (Å²) in [5.41, 5.74) is 2.73. The van der Waals surface area contributed by atoms with Crippen molar-refractivity contribution in [2.45, 2.75) is 20.0 Å². The zero-order valence-electron chi connectivity index (χ0n) is 11.2. The van der Waals surface area contributed by atoms with E-state index in [0.717, 1.165) is 5.69 Å². The fraction of sp³-hybridized carbons (Fsp3) is 0.286. The molecule has 1 N–H and O–H groups in total. The summed E-state index contributed by atoms with van der Waals surface area (Å²) in [4.78, 5) is 11.3. The lowest BCUT2D eigenvalue weighted by atomic mass is 10.1. The second-order valence-electron chi connectivity index (χ2n) is 4.85. The summed E-state index contributed by atoms with van der Waals surface area (Å²) in [6, 6.07) is 3.01. The molecule has 2 aromatic rings. The highest BCUT2D eigenvalue weighted by atomic mass is 79.9. The number of benzene rings is 1. The molecule has 0 spiro atoms. The van der Waals surface area contributed by atoms with Gasteiger partial charge in [-0.2, -0.15) is 5.10 Å². The van der Waals surface area contributed by atoms with Crippen LogP contribution in [0.5, 0.6) is 0 Å². The first-order valence-corrected chi connectivity index (χ1v) is 7.16. The molecule has 0 amide bonds. The summed E-state index contributed by atoms with van der Waals surface area (Å²) < 4.78 is 20.8. The van der Waals surface area contributed by atoms with Crippen LogP contribution in [0.4, 0.5) is 4.39 Å². The van der Waals surface area contributed by atoms with Gasteiger partial charge >= 0.3 is 5.97 Å². The molecule has 0 atom stereocenters. The summed E-state index contributed by atoms with van der Waals surface area (Å²) >= 11 is 3.15. The van der Waals surface area contributed by atoms with Gasteiger partial charge in [0.1, 0.15) is 5.82 Å². The minimum Gasteiger partial charge on any atom is -0.476 e. The Bertz CT molecular complexity index is 742. The predicted molar refractivity (Wildman–Crippen MR) is 76.3 cm³/mol. The van der Waals surface area contributed by atoms with Gasteiger partial charge in [-0.3, -0.25) is 0 Å². The molecule has 0 bridgehead atoms. The number of carboxylic acids is 1. The minimum atomic E-state index is -1.09. The van der Waals surface area contributed by atoms with E-state index in [9.17, 15) is 14.3 Å². The summed E-state index contributed by atoms with van der Waals surface area (Å²) in [6.07, 6.45) is 0.573. The summed E-state index contributed by atoms with van der Waals surface area (Å²) in [5.74, 6) is -1.45. The van der Waals surface area contributed by atoms with Crippen molar-refractivity contribution in [1.82, 2.24) is 9.78 Å². The minimum absolute atomic E-state index is 0.00968. The molecule has 5 nitrogen and oxygen atoms in total. The van der Waals surface area contributed by atoms with Gasteiger partial charge in [-0.05, 0) is 40.5 Å². The number of aryl methyl sites for hydroxylation is 1. The molecule has 0 saturated carbocycles. The zero-order valence-corrected chi connectivity index (χ0v) is 12.8. The zero-order chi connectivity index (χ0) is 15.1. The summed E-state index contributed by atoms with van der Waals surface area (Å²) in [5, 5.41) is 13.5. The van der Waals surface area contributed by atoms with Crippen molar-refractivity contribution in [3.8, 4) is 5.69 Å². The van der Waals surface area contributed by atoms with E-state index in [0.29, 0.717) is 34.3 Å². The van der Waals surface area contributed by atoms with Crippen LogP contribution in [0.15, 0.2) is 16.6 Å². The van der Waals surface area contributed by atoms with Crippen LogP contribution in [0.2, 0.25) is 0 Å². The van der Waals surface area contributed by atoms with Crippen LogP contribution in [-0.4, -0.2) is 27.5 Å². The van der Waals surface area contributed by atoms with Crippen molar-refractivity contribution in [1.29, 1.82) is 0 Å².